The quantitative estimate of drug-likeness (QED) is 0.588. The van der Waals surface area contributed by atoms with Crippen molar-refractivity contribution in [1.82, 2.24) is 10.2 Å². The van der Waals surface area contributed by atoms with E-state index in [0.29, 0.717) is 25.1 Å². The Morgan fingerprint density at radius 3 is 2.28 bits per heavy atom. The van der Waals surface area contributed by atoms with E-state index in [2.05, 4.69) is 40.5 Å². The Kier molecular flexibility index (Phi) is 5.95. The highest BCUT2D eigenvalue weighted by molar-refractivity contribution is 5.78. The molecular formula is C27H34N2O3. The number of nitrogens with zero attached hydrogens (tertiary/aromatic N) is 1. The second kappa shape index (κ2) is 8.87. The van der Waals surface area contributed by atoms with Gasteiger partial charge >= 0.3 is 5.97 Å². The Labute approximate surface area is 190 Å². The Morgan fingerprint density at radius 1 is 1.00 bits per heavy atom. The zero-order valence-electron chi connectivity index (χ0n) is 18.7. The van der Waals surface area contributed by atoms with Crippen molar-refractivity contribution in [1.29, 1.82) is 0 Å². The maximum atomic E-state index is 11.6. The molecule has 1 heterocycles. The van der Waals surface area contributed by atoms with E-state index in [0.717, 1.165) is 51.1 Å². The summed E-state index contributed by atoms with van der Waals surface area (Å²) < 4.78 is 6.25. The van der Waals surface area contributed by atoms with Crippen LogP contribution in [0, 0.1) is 10.8 Å². The number of carboxylic acids is 1. The summed E-state index contributed by atoms with van der Waals surface area (Å²) >= 11 is 0. The van der Waals surface area contributed by atoms with Crippen LogP contribution in [0.4, 0.5) is 0 Å². The second-order valence-corrected chi connectivity index (χ2v) is 10.2. The Balaban J connectivity index is 1.19. The van der Waals surface area contributed by atoms with Gasteiger partial charge in [0, 0.05) is 30.5 Å². The highest BCUT2D eigenvalue weighted by Crippen LogP contribution is 2.47. The van der Waals surface area contributed by atoms with Crippen LogP contribution in [0.1, 0.15) is 43.6 Å². The largest absolute Gasteiger partial charge is 0.493 e. The van der Waals surface area contributed by atoms with Crippen LogP contribution in [-0.4, -0.2) is 54.8 Å². The van der Waals surface area contributed by atoms with E-state index in [1.54, 1.807) is 0 Å². The molecule has 2 aromatic carbocycles. The summed E-state index contributed by atoms with van der Waals surface area (Å²) in [5.74, 6) is 0.920. The first-order valence-electron chi connectivity index (χ1n) is 12.0. The van der Waals surface area contributed by atoms with Crippen molar-refractivity contribution in [3.8, 4) is 5.75 Å². The van der Waals surface area contributed by atoms with Gasteiger partial charge < -0.3 is 20.1 Å². The summed E-state index contributed by atoms with van der Waals surface area (Å²) in [6.45, 7) is 4.24. The monoisotopic (exact) mass is 434 g/mol. The van der Waals surface area contributed by atoms with E-state index in [1.807, 2.05) is 30.3 Å². The minimum atomic E-state index is -0.621. The molecule has 170 valence electrons. The molecule has 2 aliphatic carbocycles. The number of para-hydroxylation sites is 1. The summed E-state index contributed by atoms with van der Waals surface area (Å²) in [4.78, 5) is 14.0. The molecule has 0 bridgehead atoms. The molecule has 1 aliphatic heterocycles. The number of carboxylic acid groups (broad SMARTS) is 1. The summed E-state index contributed by atoms with van der Waals surface area (Å²) in [7, 11) is 0. The third-order valence-electron chi connectivity index (χ3n) is 7.80. The van der Waals surface area contributed by atoms with Gasteiger partial charge in [0.2, 0.25) is 0 Å². The van der Waals surface area contributed by atoms with Gasteiger partial charge in [0.1, 0.15) is 5.75 Å². The van der Waals surface area contributed by atoms with Gasteiger partial charge in [0.05, 0.1) is 12.0 Å². The van der Waals surface area contributed by atoms with Crippen molar-refractivity contribution in [2.75, 3.05) is 32.8 Å². The Hall–Kier alpha value is -2.37. The highest BCUT2D eigenvalue weighted by Gasteiger charge is 2.52. The molecule has 0 radical (unpaired) electrons. The molecule has 5 nitrogen and oxygen atoms in total. The van der Waals surface area contributed by atoms with Gasteiger partial charge in [-0.3, -0.25) is 4.79 Å². The van der Waals surface area contributed by atoms with Gasteiger partial charge in [0.25, 0.3) is 0 Å². The standard InChI is InChI=1S/C27H34N2O3/c30-25(31)27(11-12-27)19-29-15-13-26(14-16-29,20-32-22-9-5-2-6-10-22)18-28-24-17-23(24)21-7-3-1-4-8-21/h1-10,23-24,28H,11-20H2,(H,30,31). The van der Waals surface area contributed by atoms with Crippen LogP contribution < -0.4 is 10.1 Å². The molecule has 32 heavy (non-hydrogen) atoms. The van der Waals surface area contributed by atoms with Crippen LogP contribution in [0.2, 0.25) is 0 Å². The molecule has 2 N–H and O–H groups in total. The van der Waals surface area contributed by atoms with Gasteiger partial charge in [-0.05, 0) is 62.9 Å². The number of hydrogen-bond acceptors (Lipinski definition) is 4. The molecule has 2 saturated carbocycles. The van der Waals surface area contributed by atoms with Gasteiger partial charge in [-0.15, -0.1) is 0 Å². The molecule has 2 atom stereocenters. The fourth-order valence-corrected chi connectivity index (χ4v) is 5.17. The zero-order valence-corrected chi connectivity index (χ0v) is 18.7. The van der Waals surface area contributed by atoms with Gasteiger partial charge in [-0.25, -0.2) is 0 Å². The predicted molar refractivity (Wildman–Crippen MR) is 125 cm³/mol. The number of nitrogens with one attached hydrogen (secondary N) is 1. The first-order chi connectivity index (χ1) is 15.6. The maximum Gasteiger partial charge on any atom is 0.310 e. The van der Waals surface area contributed by atoms with Crippen LogP contribution in [0.5, 0.6) is 5.75 Å². The van der Waals surface area contributed by atoms with E-state index >= 15 is 0 Å². The lowest BCUT2D eigenvalue weighted by Gasteiger charge is -2.42. The van der Waals surface area contributed by atoms with E-state index in [9.17, 15) is 9.90 Å². The van der Waals surface area contributed by atoms with Crippen molar-refractivity contribution in [2.45, 2.75) is 44.1 Å². The van der Waals surface area contributed by atoms with Gasteiger partial charge in [0.15, 0.2) is 0 Å². The lowest BCUT2D eigenvalue weighted by molar-refractivity contribution is -0.144. The number of hydrogen-bond donors (Lipinski definition) is 2. The highest BCUT2D eigenvalue weighted by atomic mass is 16.5. The molecule has 1 saturated heterocycles. The summed E-state index contributed by atoms with van der Waals surface area (Å²) in [5, 5.41) is 13.4. The first-order valence-corrected chi connectivity index (χ1v) is 12.0. The summed E-state index contributed by atoms with van der Waals surface area (Å²) in [6, 6.07) is 21.4. The van der Waals surface area contributed by atoms with E-state index in [4.69, 9.17) is 4.74 Å². The molecule has 2 aromatic rings. The molecule has 0 amide bonds. The Morgan fingerprint density at radius 2 is 1.66 bits per heavy atom. The molecule has 5 heteroatoms. The molecule has 0 spiro atoms. The molecule has 0 aromatic heterocycles. The second-order valence-electron chi connectivity index (χ2n) is 10.2. The van der Waals surface area contributed by atoms with Crippen molar-refractivity contribution in [3.05, 3.63) is 66.2 Å². The van der Waals surface area contributed by atoms with Crippen LogP contribution in [0.15, 0.2) is 60.7 Å². The third-order valence-corrected chi connectivity index (χ3v) is 7.80. The third kappa shape index (κ3) is 4.84. The summed E-state index contributed by atoms with van der Waals surface area (Å²) in [6.07, 6.45) is 4.92. The van der Waals surface area contributed by atoms with Crippen molar-refractivity contribution < 1.29 is 14.6 Å². The molecule has 5 rings (SSSR count). The van der Waals surface area contributed by atoms with Crippen LogP contribution in [-0.2, 0) is 4.79 Å². The fourth-order valence-electron chi connectivity index (χ4n) is 5.17. The smallest absolute Gasteiger partial charge is 0.310 e. The fraction of sp³-hybridized carbons (Fsp3) is 0.519. The SMILES string of the molecule is O=C(O)C1(CN2CCC(CNC3CC3c3ccccc3)(COc3ccccc3)CC2)CC1. The predicted octanol–water partition coefficient (Wildman–Crippen LogP) is 4.16. The lowest BCUT2D eigenvalue weighted by atomic mass is 9.78. The van der Waals surface area contributed by atoms with Gasteiger partial charge in [-0.2, -0.15) is 0 Å². The summed E-state index contributed by atoms with van der Waals surface area (Å²) in [5.41, 5.74) is 1.03. The normalized spacial score (nSPS) is 25.8. The topological polar surface area (TPSA) is 61.8 Å². The van der Waals surface area contributed by atoms with Crippen molar-refractivity contribution in [3.63, 3.8) is 0 Å². The average Bonchev–Trinajstić information content (AvgIpc) is 3.75. The number of aliphatic carboxylic acids is 1. The van der Waals surface area contributed by atoms with Gasteiger partial charge in [-0.1, -0.05) is 48.5 Å². The van der Waals surface area contributed by atoms with Crippen LogP contribution in [0.3, 0.4) is 0 Å². The average molecular weight is 435 g/mol. The maximum absolute atomic E-state index is 11.6. The number of benzene rings is 2. The molecular weight excluding hydrogens is 400 g/mol. The van der Waals surface area contributed by atoms with Crippen molar-refractivity contribution in [2.24, 2.45) is 10.8 Å². The van der Waals surface area contributed by atoms with E-state index < -0.39 is 11.4 Å². The van der Waals surface area contributed by atoms with E-state index in [-0.39, 0.29) is 5.41 Å². The minimum absolute atomic E-state index is 0.0795. The number of piperidine rings is 1. The number of ether oxygens (including phenoxy) is 1. The molecule has 3 aliphatic rings. The number of likely N-dealkylation sites (tertiary alicyclic amines) is 1. The van der Waals surface area contributed by atoms with E-state index in [1.165, 1.54) is 12.0 Å². The minimum Gasteiger partial charge on any atom is -0.493 e. The Bertz CT molecular complexity index is 905. The van der Waals surface area contributed by atoms with Crippen LogP contribution >= 0.6 is 0 Å². The van der Waals surface area contributed by atoms with Crippen molar-refractivity contribution >= 4 is 5.97 Å². The lowest BCUT2D eigenvalue weighted by Crippen LogP contribution is -2.50. The molecule has 3 fully saturated rings. The number of carbonyl (C=O) groups is 1. The first kappa shape index (κ1) is 21.5. The molecule has 2 unspecified atom stereocenters. The zero-order chi connectivity index (χ0) is 22.0. The number of rotatable bonds is 10. The van der Waals surface area contributed by atoms with Crippen LogP contribution in [0.25, 0.3) is 0 Å².